The smallest absolute Gasteiger partial charge is 0.343 e. The minimum Gasteiger partial charge on any atom is -0.482 e. The van der Waals surface area contributed by atoms with Crippen LogP contribution in [0.5, 0.6) is 5.75 Å². The molecule has 8 heteroatoms. The monoisotopic (exact) mass is 350 g/mol. The third-order valence-electron chi connectivity index (χ3n) is 3.99. The number of amides is 2. The molecule has 1 aromatic carbocycles. The Kier molecular flexibility index (Phi) is 6.21. The molecule has 0 aromatic heterocycles. The second-order valence-electron chi connectivity index (χ2n) is 6.10. The maximum Gasteiger partial charge on any atom is 0.343 e. The van der Waals surface area contributed by atoms with Crippen molar-refractivity contribution in [1.29, 1.82) is 0 Å². The van der Waals surface area contributed by atoms with E-state index in [0.717, 1.165) is 0 Å². The van der Waals surface area contributed by atoms with Crippen LogP contribution in [0, 0.1) is 11.8 Å². The van der Waals surface area contributed by atoms with Crippen LogP contribution in [0.4, 0.5) is 10.5 Å². The van der Waals surface area contributed by atoms with Gasteiger partial charge in [0.15, 0.2) is 6.61 Å². The minimum absolute atomic E-state index is 0.134. The lowest BCUT2D eigenvalue weighted by molar-refractivity contribution is -0.144. The van der Waals surface area contributed by atoms with Crippen molar-refractivity contribution in [1.82, 2.24) is 4.90 Å². The summed E-state index contributed by atoms with van der Waals surface area (Å²) < 4.78 is 9.71. The third-order valence-corrected chi connectivity index (χ3v) is 3.99. The number of ether oxygens (including phenoxy) is 2. The van der Waals surface area contributed by atoms with Crippen LogP contribution in [0.2, 0.25) is 0 Å². The van der Waals surface area contributed by atoms with Gasteiger partial charge >= 0.3 is 18.0 Å². The molecule has 2 unspecified atom stereocenters. The summed E-state index contributed by atoms with van der Waals surface area (Å²) in [5, 5.41) is 11.9. The first-order valence-corrected chi connectivity index (χ1v) is 7.97. The molecule has 0 aliphatic carbocycles. The highest BCUT2D eigenvalue weighted by Crippen LogP contribution is 2.23. The summed E-state index contributed by atoms with van der Waals surface area (Å²) in [4.78, 5) is 36.1. The number of hydrogen-bond donors (Lipinski definition) is 2. The van der Waals surface area contributed by atoms with Crippen LogP contribution in [-0.4, -0.2) is 54.8 Å². The number of nitrogens with zero attached hydrogens (tertiary/aromatic N) is 1. The van der Waals surface area contributed by atoms with Gasteiger partial charge in [0.05, 0.1) is 13.0 Å². The molecule has 0 spiro atoms. The van der Waals surface area contributed by atoms with Gasteiger partial charge in [0.25, 0.3) is 0 Å². The Morgan fingerprint density at radius 3 is 2.52 bits per heavy atom. The summed E-state index contributed by atoms with van der Waals surface area (Å²) in [6, 6.07) is 6.20. The molecule has 1 aliphatic rings. The van der Waals surface area contributed by atoms with Crippen molar-refractivity contribution >= 4 is 23.7 Å². The van der Waals surface area contributed by atoms with E-state index in [1.54, 1.807) is 24.3 Å². The summed E-state index contributed by atoms with van der Waals surface area (Å²) >= 11 is 0. The van der Waals surface area contributed by atoms with Gasteiger partial charge in [0.1, 0.15) is 5.75 Å². The van der Waals surface area contributed by atoms with E-state index in [-0.39, 0.29) is 25.1 Å². The maximum atomic E-state index is 12.3. The molecule has 0 radical (unpaired) electrons. The Morgan fingerprint density at radius 1 is 1.24 bits per heavy atom. The van der Waals surface area contributed by atoms with E-state index < -0.39 is 17.9 Å². The molecule has 136 valence electrons. The van der Waals surface area contributed by atoms with Gasteiger partial charge in [-0.2, -0.15) is 0 Å². The molecule has 1 aromatic rings. The van der Waals surface area contributed by atoms with Gasteiger partial charge in [-0.3, -0.25) is 4.79 Å². The van der Waals surface area contributed by atoms with Crippen molar-refractivity contribution in [3.8, 4) is 5.75 Å². The topological polar surface area (TPSA) is 105 Å². The summed E-state index contributed by atoms with van der Waals surface area (Å²) in [7, 11) is 1.28. The van der Waals surface area contributed by atoms with Crippen LogP contribution in [0.15, 0.2) is 24.3 Å². The Labute approximate surface area is 145 Å². The van der Waals surface area contributed by atoms with E-state index in [4.69, 9.17) is 4.74 Å². The summed E-state index contributed by atoms with van der Waals surface area (Å²) in [5.74, 6) is -1.29. The molecule has 1 heterocycles. The maximum absolute atomic E-state index is 12.3. The van der Waals surface area contributed by atoms with Crippen LogP contribution in [0.3, 0.4) is 0 Å². The molecular weight excluding hydrogens is 328 g/mol. The normalized spacial score (nSPS) is 19.8. The quantitative estimate of drug-likeness (QED) is 0.785. The van der Waals surface area contributed by atoms with E-state index in [0.29, 0.717) is 24.4 Å². The second-order valence-corrected chi connectivity index (χ2v) is 6.10. The zero-order valence-corrected chi connectivity index (χ0v) is 14.2. The van der Waals surface area contributed by atoms with E-state index in [2.05, 4.69) is 10.1 Å². The molecule has 1 aliphatic heterocycles. The van der Waals surface area contributed by atoms with Gasteiger partial charge in [0.2, 0.25) is 0 Å². The number of carbonyl (C=O) groups excluding carboxylic acids is 2. The van der Waals surface area contributed by atoms with Gasteiger partial charge in [0, 0.05) is 18.8 Å². The predicted octanol–water partition coefficient (Wildman–Crippen LogP) is 1.81. The lowest BCUT2D eigenvalue weighted by Crippen LogP contribution is -2.47. The number of nitrogens with one attached hydrogen (secondary N) is 1. The van der Waals surface area contributed by atoms with E-state index >= 15 is 0 Å². The van der Waals surface area contributed by atoms with E-state index in [1.807, 2.05) is 6.92 Å². The molecule has 2 atom stereocenters. The number of rotatable bonds is 5. The van der Waals surface area contributed by atoms with Gasteiger partial charge in [-0.25, -0.2) is 9.59 Å². The van der Waals surface area contributed by atoms with Crippen molar-refractivity contribution in [2.75, 3.05) is 32.1 Å². The molecule has 8 nitrogen and oxygen atoms in total. The summed E-state index contributed by atoms with van der Waals surface area (Å²) in [6.07, 6.45) is 0.575. The molecule has 25 heavy (non-hydrogen) atoms. The highest BCUT2D eigenvalue weighted by Gasteiger charge is 2.31. The van der Waals surface area contributed by atoms with Crippen LogP contribution >= 0.6 is 0 Å². The number of carboxylic acid groups (broad SMARTS) is 1. The Morgan fingerprint density at radius 2 is 1.92 bits per heavy atom. The average Bonchev–Trinajstić information content (AvgIpc) is 2.60. The first kappa shape index (κ1) is 18.6. The molecule has 0 saturated carbocycles. The van der Waals surface area contributed by atoms with Gasteiger partial charge < -0.3 is 24.8 Å². The number of urea groups is 1. The number of carboxylic acids is 1. The third kappa shape index (κ3) is 5.37. The first-order chi connectivity index (χ1) is 11.9. The zero-order chi connectivity index (χ0) is 18.4. The number of aliphatic carboxylic acids is 1. The standard InChI is InChI=1S/C17H22N2O6/c1-11-7-12(16(21)22)9-19(8-11)17(23)18-13-3-5-14(6-4-13)25-10-15(20)24-2/h3-6,11-12H,7-10H2,1-2H3,(H,18,23)(H,21,22). The predicted molar refractivity (Wildman–Crippen MR) is 89.5 cm³/mol. The lowest BCUT2D eigenvalue weighted by atomic mass is 9.91. The molecule has 1 saturated heterocycles. The fourth-order valence-electron chi connectivity index (χ4n) is 2.73. The van der Waals surface area contributed by atoms with Crippen molar-refractivity contribution in [2.45, 2.75) is 13.3 Å². The molecule has 2 N–H and O–H groups in total. The molecule has 1 fully saturated rings. The van der Waals surface area contributed by atoms with E-state index in [1.165, 1.54) is 12.0 Å². The number of hydrogen-bond acceptors (Lipinski definition) is 5. The zero-order valence-electron chi connectivity index (χ0n) is 14.2. The Bertz CT molecular complexity index is 631. The highest BCUT2D eigenvalue weighted by atomic mass is 16.6. The van der Waals surface area contributed by atoms with Crippen LogP contribution in [-0.2, 0) is 14.3 Å². The number of benzene rings is 1. The van der Waals surface area contributed by atoms with Gasteiger partial charge in [-0.1, -0.05) is 6.92 Å². The van der Waals surface area contributed by atoms with Crippen LogP contribution in [0.25, 0.3) is 0 Å². The fourth-order valence-corrected chi connectivity index (χ4v) is 2.73. The number of methoxy groups -OCH3 is 1. The first-order valence-electron chi connectivity index (χ1n) is 7.97. The van der Waals surface area contributed by atoms with Gasteiger partial charge in [-0.05, 0) is 36.6 Å². The average molecular weight is 350 g/mol. The second kappa shape index (κ2) is 8.36. The molecule has 0 bridgehead atoms. The van der Waals surface area contributed by atoms with Crippen molar-refractivity contribution in [3.05, 3.63) is 24.3 Å². The Balaban J connectivity index is 1.91. The van der Waals surface area contributed by atoms with Crippen LogP contribution < -0.4 is 10.1 Å². The summed E-state index contributed by atoms with van der Waals surface area (Å²) in [5.41, 5.74) is 0.556. The minimum atomic E-state index is -0.878. The lowest BCUT2D eigenvalue weighted by Gasteiger charge is -2.34. The van der Waals surface area contributed by atoms with Crippen molar-refractivity contribution < 1.29 is 29.0 Å². The number of esters is 1. The molecular formula is C17H22N2O6. The number of piperidine rings is 1. The van der Waals surface area contributed by atoms with Crippen molar-refractivity contribution in [3.63, 3.8) is 0 Å². The Hall–Kier alpha value is -2.77. The van der Waals surface area contributed by atoms with E-state index in [9.17, 15) is 19.5 Å². The fraction of sp³-hybridized carbons (Fsp3) is 0.471. The van der Waals surface area contributed by atoms with Gasteiger partial charge in [-0.15, -0.1) is 0 Å². The number of carbonyl (C=O) groups is 3. The SMILES string of the molecule is COC(=O)COc1ccc(NC(=O)N2CC(C)CC(C(=O)O)C2)cc1. The van der Waals surface area contributed by atoms with Crippen molar-refractivity contribution in [2.24, 2.45) is 11.8 Å². The summed E-state index contributed by atoms with van der Waals surface area (Å²) in [6.45, 7) is 2.47. The van der Waals surface area contributed by atoms with Crippen LogP contribution in [0.1, 0.15) is 13.3 Å². The number of anilines is 1. The highest BCUT2D eigenvalue weighted by molar-refractivity contribution is 5.89. The molecule has 2 amide bonds. The molecule has 2 rings (SSSR count). The number of likely N-dealkylation sites (tertiary alicyclic amines) is 1. The largest absolute Gasteiger partial charge is 0.482 e.